The minimum absolute atomic E-state index is 0.115. The monoisotopic (exact) mass is 322 g/mol. The van der Waals surface area contributed by atoms with Crippen molar-refractivity contribution in [2.75, 3.05) is 0 Å². The fraction of sp³-hybridized carbons (Fsp3) is 0.250. The maximum Gasteiger partial charge on any atom is 0.271 e. The van der Waals surface area contributed by atoms with Gasteiger partial charge in [-0.2, -0.15) is 0 Å². The number of benzene rings is 1. The summed E-state index contributed by atoms with van der Waals surface area (Å²) >= 11 is 11.8. The first kappa shape index (κ1) is 15.8. The predicted molar refractivity (Wildman–Crippen MR) is 85.7 cm³/mol. The van der Waals surface area contributed by atoms with Crippen LogP contribution in [0, 0.1) is 5.92 Å². The summed E-state index contributed by atoms with van der Waals surface area (Å²) in [5, 5.41) is 3.50. The molecule has 0 spiro atoms. The molecule has 2 rings (SSSR count). The van der Waals surface area contributed by atoms with E-state index in [-0.39, 0.29) is 33.7 Å². The average Bonchev–Trinajstić information content (AvgIpc) is 2.47. The highest BCUT2D eigenvalue weighted by molar-refractivity contribution is 6.34. The quantitative estimate of drug-likeness (QED) is 0.841. The van der Waals surface area contributed by atoms with Crippen molar-refractivity contribution in [1.82, 2.24) is 10.3 Å². The fourth-order valence-electron chi connectivity index (χ4n) is 2.08. The standard InChI is InChI=1S/C16H16Cl2N2O/c1-10(2)14(11-6-4-3-5-7-11)20-16(21)15-12(17)8-9-13(18)19-15/h3-10,14H,1-2H3,(H,20,21). The predicted octanol–water partition coefficient (Wildman–Crippen LogP) is 4.52. The number of carbonyl (C=O) groups excluding carboxylic acids is 1. The second-order valence-corrected chi connectivity index (χ2v) is 5.86. The third kappa shape index (κ3) is 3.96. The number of nitrogens with one attached hydrogen (secondary N) is 1. The number of hydrogen-bond acceptors (Lipinski definition) is 2. The van der Waals surface area contributed by atoms with Crippen LogP contribution in [-0.4, -0.2) is 10.9 Å². The molecule has 1 aromatic carbocycles. The minimum Gasteiger partial charge on any atom is -0.344 e. The van der Waals surface area contributed by atoms with Gasteiger partial charge in [-0.15, -0.1) is 0 Å². The van der Waals surface area contributed by atoms with Crippen molar-refractivity contribution in [2.24, 2.45) is 5.92 Å². The van der Waals surface area contributed by atoms with E-state index in [1.165, 1.54) is 0 Å². The Kier molecular flexibility index (Phi) is 5.21. The summed E-state index contributed by atoms with van der Waals surface area (Å²) in [5.74, 6) is -0.0978. The van der Waals surface area contributed by atoms with Crippen molar-refractivity contribution in [3.05, 3.63) is 63.9 Å². The van der Waals surface area contributed by atoms with Gasteiger partial charge in [-0.05, 0) is 23.6 Å². The van der Waals surface area contributed by atoms with E-state index >= 15 is 0 Å². The lowest BCUT2D eigenvalue weighted by molar-refractivity contribution is 0.0920. The first-order valence-electron chi connectivity index (χ1n) is 6.67. The average molecular weight is 323 g/mol. The van der Waals surface area contributed by atoms with Crippen LogP contribution in [0.25, 0.3) is 0 Å². The lowest BCUT2D eigenvalue weighted by Gasteiger charge is -2.23. The molecule has 0 fully saturated rings. The highest BCUT2D eigenvalue weighted by atomic mass is 35.5. The molecule has 1 N–H and O–H groups in total. The van der Waals surface area contributed by atoms with E-state index in [0.29, 0.717) is 0 Å². The zero-order valence-corrected chi connectivity index (χ0v) is 13.3. The van der Waals surface area contributed by atoms with Crippen LogP contribution in [0.4, 0.5) is 0 Å². The Bertz CT molecular complexity index is 629. The van der Waals surface area contributed by atoms with Crippen LogP contribution in [0.1, 0.15) is 35.9 Å². The number of halogens is 2. The summed E-state index contributed by atoms with van der Waals surface area (Å²) in [5.41, 5.74) is 1.18. The molecule has 1 atom stereocenters. The number of amides is 1. The van der Waals surface area contributed by atoms with Gasteiger partial charge in [0.25, 0.3) is 5.91 Å². The summed E-state index contributed by atoms with van der Waals surface area (Å²) in [6.07, 6.45) is 0. The minimum atomic E-state index is -0.329. The van der Waals surface area contributed by atoms with E-state index in [2.05, 4.69) is 10.3 Å². The molecule has 1 aromatic heterocycles. The van der Waals surface area contributed by atoms with E-state index in [1.807, 2.05) is 44.2 Å². The molecular formula is C16H16Cl2N2O. The molecule has 0 radical (unpaired) electrons. The van der Waals surface area contributed by atoms with Crippen molar-refractivity contribution in [3.63, 3.8) is 0 Å². The Morgan fingerprint density at radius 3 is 2.38 bits per heavy atom. The Hall–Kier alpha value is -1.58. The van der Waals surface area contributed by atoms with E-state index in [4.69, 9.17) is 23.2 Å². The molecule has 3 nitrogen and oxygen atoms in total. The molecule has 0 aliphatic carbocycles. The van der Waals surface area contributed by atoms with Gasteiger partial charge in [-0.1, -0.05) is 67.4 Å². The van der Waals surface area contributed by atoms with Crippen LogP contribution in [0.3, 0.4) is 0 Å². The van der Waals surface area contributed by atoms with Crippen LogP contribution in [-0.2, 0) is 0 Å². The van der Waals surface area contributed by atoms with Crippen LogP contribution in [0.2, 0.25) is 10.2 Å². The number of nitrogens with zero attached hydrogens (tertiary/aromatic N) is 1. The van der Waals surface area contributed by atoms with E-state index in [1.54, 1.807) is 12.1 Å². The van der Waals surface area contributed by atoms with Gasteiger partial charge in [0.1, 0.15) is 10.8 Å². The summed E-state index contributed by atoms with van der Waals surface area (Å²) < 4.78 is 0. The molecule has 0 aliphatic heterocycles. The van der Waals surface area contributed by atoms with Gasteiger partial charge < -0.3 is 5.32 Å². The lowest BCUT2D eigenvalue weighted by atomic mass is 9.96. The number of hydrogen-bond donors (Lipinski definition) is 1. The van der Waals surface area contributed by atoms with E-state index < -0.39 is 0 Å². The molecule has 5 heteroatoms. The normalized spacial score (nSPS) is 12.2. The molecule has 110 valence electrons. The fourth-order valence-corrected chi connectivity index (χ4v) is 2.42. The maximum atomic E-state index is 12.4. The largest absolute Gasteiger partial charge is 0.344 e. The third-order valence-electron chi connectivity index (χ3n) is 3.14. The zero-order valence-electron chi connectivity index (χ0n) is 11.8. The topological polar surface area (TPSA) is 42.0 Å². The van der Waals surface area contributed by atoms with Crippen molar-refractivity contribution in [2.45, 2.75) is 19.9 Å². The second kappa shape index (κ2) is 6.92. The van der Waals surface area contributed by atoms with Crippen LogP contribution in [0.15, 0.2) is 42.5 Å². The molecule has 0 aliphatic rings. The molecule has 1 heterocycles. The molecule has 1 unspecified atom stereocenters. The van der Waals surface area contributed by atoms with Crippen LogP contribution in [0.5, 0.6) is 0 Å². The summed E-state index contributed by atoms with van der Waals surface area (Å²) in [7, 11) is 0. The molecule has 2 aromatic rings. The van der Waals surface area contributed by atoms with Gasteiger partial charge >= 0.3 is 0 Å². The molecule has 0 saturated carbocycles. The first-order valence-corrected chi connectivity index (χ1v) is 7.42. The molecule has 0 bridgehead atoms. The summed E-state index contributed by atoms with van der Waals surface area (Å²) in [6.45, 7) is 4.09. The number of pyridine rings is 1. The smallest absolute Gasteiger partial charge is 0.271 e. The Labute approximate surface area is 134 Å². The Morgan fingerprint density at radius 1 is 1.10 bits per heavy atom. The Balaban J connectivity index is 2.25. The van der Waals surface area contributed by atoms with Gasteiger partial charge in [0.15, 0.2) is 0 Å². The molecule has 0 saturated heterocycles. The highest BCUT2D eigenvalue weighted by Crippen LogP contribution is 2.23. The van der Waals surface area contributed by atoms with Crippen molar-refractivity contribution in [3.8, 4) is 0 Å². The van der Waals surface area contributed by atoms with E-state index in [9.17, 15) is 4.79 Å². The zero-order chi connectivity index (χ0) is 15.4. The van der Waals surface area contributed by atoms with Gasteiger partial charge in [-0.3, -0.25) is 4.79 Å². The number of aromatic nitrogens is 1. The molecular weight excluding hydrogens is 307 g/mol. The van der Waals surface area contributed by atoms with Crippen molar-refractivity contribution < 1.29 is 4.79 Å². The van der Waals surface area contributed by atoms with Crippen molar-refractivity contribution in [1.29, 1.82) is 0 Å². The van der Waals surface area contributed by atoms with Crippen molar-refractivity contribution >= 4 is 29.1 Å². The second-order valence-electron chi connectivity index (χ2n) is 5.07. The SMILES string of the molecule is CC(C)C(NC(=O)c1nc(Cl)ccc1Cl)c1ccccc1. The maximum absolute atomic E-state index is 12.4. The summed E-state index contributed by atoms with van der Waals surface area (Å²) in [4.78, 5) is 16.4. The summed E-state index contributed by atoms with van der Waals surface area (Å²) in [6, 6.07) is 12.8. The third-order valence-corrected chi connectivity index (χ3v) is 3.65. The van der Waals surface area contributed by atoms with Crippen LogP contribution < -0.4 is 5.32 Å². The van der Waals surface area contributed by atoms with Gasteiger partial charge in [0, 0.05) is 0 Å². The van der Waals surface area contributed by atoms with Gasteiger partial charge in [0.2, 0.25) is 0 Å². The Morgan fingerprint density at radius 2 is 1.76 bits per heavy atom. The van der Waals surface area contributed by atoms with E-state index in [0.717, 1.165) is 5.56 Å². The molecule has 21 heavy (non-hydrogen) atoms. The first-order chi connectivity index (χ1) is 9.99. The highest BCUT2D eigenvalue weighted by Gasteiger charge is 2.21. The lowest BCUT2D eigenvalue weighted by Crippen LogP contribution is -2.32. The van der Waals surface area contributed by atoms with Crippen LogP contribution >= 0.6 is 23.2 Å². The molecule has 1 amide bonds. The number of rotatable bonds is 4. The number of carbonyl (C=O) groups is 1. The van der Waals surface area contributed by atoms with Gasteiger partial charge in [-0.25, -0.2) is 4.98 Å². The van der Waals surface area contributed by atoms with Gasteiger partial charge in [0.05, 0.1) is 11.1 Å².